The van der Waals surface area contributed by atoms with E-state index in [0.29, 0.717) is 5.13 Å². The Morgan fingerprint density at radius 3 is 2.35 bits per heavy atom. The molecule has 0 saturated carbocycles. The van der Waals surface area contributed by atoms with Gasteiger partial charge in [0.05, 0.1) is 4.90 Å². The minimum Gasteiger partial charge on any atom is -0.372 e. The van der Waals surface area contributed by atoms with Crippen molar-refractivity contribution in [3.63, 3.8) is 0 Å². The molecule has 0 bridgehead atoms. The number of rotatable bonds is 6. The number of hydrogen-bond acceptors (Lipinski definition) is 5. The van der Waals surface area contributed by atoms with Crippen LogP contribution >= 0.6 is 11.3 Å². The van der Waals surface area contributed by atoms with Gasteiger partial charge in [-0.05, 0) is 38.1 Å². The normalized spacial score (nSPS) is 11.3. The highest BCUT2D eigenvalue weighted by Crippen LogP contribution is 2.21. The molecule has 1 N–H and O–H groups in total. The van der Waals surface area contributed by atoms with Gasteiger partial charge in [-0.25, -0.2) is 13.4 Å². The van der Waals surface area contributed by atoms with E-state index in [-0.39, 0.29) is 4.90 Å². The molecule has 20 heavy (non-hydrogen) atoms. The Bertz CT molecular complexity index is 633. The van der Waals surface area contributed by atoms with E-state index in [1.54, 1.807) is 23.7 Å². The topological polar surface area (TPSA) is 62.3 Å². The van der Waals surface area contributed by atoms with Crippen LogP contribution in [0, 0.1) is 0 Å². The van der Waals surface area contributed by atoms with Crippen molar-refractivity contribution in [3.05, 3.63) is 35.8 Å². The lowest BCUT2D eigenvalue weighted by atomic mass is 10.3. The van der Waals surface area contributed by atoms with Crippen molar-refractivity contribution < 1.29 is 8.42 Å². The maximum absolute atomic E-state index is 12.2. The maximum atomic E-state index is 12.2. The summed E-state index contributed by atoms with van der Waals surface area (Å²) in [6.45, 7) is 5.91. The standard InChI is InChI=1S/C13H17N3O2S2/c1-3-16(4-2)11-5-7-12(8-6-11)20(17,18)15-13-14-9-10-19-13/h5-10H,3-4H2,1-2H3,(H,14,15). The Labute approximate surface area is 123 Å². The first-order chi connectivity index (χ1) is 9.56. The van der Waals surface area contributed by atoms with E-state index in [1.165, 1.54) is 11.3 Å². The molecule has 2 aromatic rings. The lowest BCUT2D eigenvalue weighted by molar-refractivity contribution is 0.601. The number of nitrogens with zero attached hydrogens (tertiary/aromatic N) is 2. The summed E-state index contributed by atoms with van der Waals surface area (Å²) < 4.78 is 26.8. The Morgan fingerprint density at radius 1 is 1.20 bits per heavy atom. The molecule has 7 heteroatoms. The molecule has 5 nitrogen and oxygen atoms in total. The molecule has 108 valence electrons. The molecule has 1 aromatic heterocycles. The predicted molar refractivity (Wildman–Crippen MR) is 82.9 cm³/mol. The molecule has 0 amide bonds. The molecule has 0 unspecified atom stereocenters. The minimum absolute atomic E-state index is 0.239. The summed E-state index contributed by atoms with van der Waals surface area (Å²) >= 11 is 1.25. The third kappa shape index (κ3) is 3.29. The number of hydrogen-bond donors (Lipinski definition) is 1. The molecule has 0 aliphatic carbocycles. The van der Waals surface area contributed by atoms with Gasteiger partial charge in [0.1, 0.15) is 0 Å². The van der Waals surface area contributed by atoms with Crippen LogP contribution in [0.25, 0.3) is 0 Å². The largest absolute Gasteiger partial charge is 0.372 e. The number of nitrogens with one attached hydrogen (secondary N) is 1. The zero-order valence-corrected chi connectivity index (χ0v) is 13.0. The average Bonchev–Trinajstić information content (AvgIpc) is 2.93. The molecule has 0 saturated heterocycles. The molecular weight excluding hydrogens is 294 g/mol. The molecule has 1 heterocycles. The molecule has 2 rings (SSSR count). The number of benzene rings is 1. The first kappa shape index (κ1) is 14.8. The van der Waals surface area contributed by atoms with Gasteiger partial charge in [0.15, 0.2) is 5.13 Å². The van der Waals surface area contributed by atoms with Crippen molar-refractivity contribution in [3.8, 4) is 0 Å². The summed E-state index contributed by atoms with van der Waals surface area (Å²) in [5.74, 6) is 0. The van der Waals surface area contributed by atoms with Gasteiger partial charge in [0.25, 0.3) is 10.0 Å². The number of sulfonamides is 1. The number of aromatic nitrogens is 1. The Balaban J connectivity index is 2.21. The van der Waals surface area contributed by atoms with Gasteiger partial charge in [-0.2, -0.15) is 0 Å². The van der Waals surface area contributed by atoms with Crippen LogP contribution in [-0.2, 0) is 10.0 Å². The summed E-state index contributed by atoms with van der Waals surface area (Å²) in [7, 11) is -3.56. The Kier molecular flexibility index (Phi) is 4.61. The molecule has 0 spiro atoms. The number of thiazole rings is 1. The van der Waals surface area contributed by atoms with Crippen LogP contribution in [0.4, 0.5) is 10.8 Å². The monoisotopic (exact) mass is 311 g/mol. The summed E-state index contributed by atoms with van der Waals surface area (Å²) in [4.78, 5) is 6.32. The molecule has 0 radical (unpaired) electrons. The van der Waals surface area contributed by atoms with Gasteiger partial charge in [0.2, 0.25) is 0 Å². The summed E-state index contributed by atoms with van der Waals surface area (Å²) in [5.41, 5.74) is 1.02. The van der Waals surface area contributed by atoms with Gasteiger partial charge >= 0.3 is 0 Å². The van der Waals surface area contributed by atoms with E-state index in [4.69, 9.17) is 0 Å². The van der Waals surface area contributed by atoms with Crippen molar-refractivity contribution in [1.82, 2.24) is 4.98 Å². The van der Waals surface area contributed by atoms with E-state index in [1.807, 2.05) is 12.1 Å². The third-order valence-corrected chi connectivity index (χ3v) is 5.10. The first-order valence-corrected chi connectivity index (χ1v) is 8.70. The highest BCUT2D eigenvalue weighted by Gasteiger charge is 2.15. The van der Waals surface area contributed by atoms with Gasteiger partial charge < -0.3 is 4.90 Å². The second-order valence-corrected chi connectivity index (χ2v) is 6.69. The van der Waals surface area contributed by atoms with Crippen molar-refractivity contribution in [2.75, 3.05) is 22.7 Å². The van der Waals surface area contributed by atoms with E-state index in [9.17, 15) is 8.42 Å². The number of anilines is 2. The fourth-order valence-corrected chi connectivity index (χ4v) is 3.66. The Hall–Kier alpha value is -1.60. The molecular formula is C13H17N3O2S2. The van der Waals surface area contributed by atoms with Gasteiger partial charge in [-0.3, -0.25) is 4.72 Å². The van der Waals surface area contributed by atoms with Crippen LogP contribution in [0.2, 0.25) is 0 Å². The lowest BCUT2D eigenvalue weighted by Crippen LogP contribution is -2.21. The predicted octanol–water partition coefficient (Wildman–Crippen LogP) is 2.79. The van der Waals surface area contributed by atoms with Crippen molar-refractivity contribution in [1.29, 1.82) is 0 Å². The van der Waals surface area contributed by atoms with Crippen LogP contribution in [0.15, 0.2) is 40.7 Å². The maximum Gasteiger partial charge on any atom is 0.263 e. The van der Waals surface area contributed by atoms with Crippen LogP contribution in [-0.4, -0.2) is 26.5 Å². The molecule has 0 aliphatic rings. The van der Waals surface area contributed by atoms with Gasteiger partial charge in [0, 0.05) is 30.4 Å². The lowest BCUT2D eigenvalue weighted by Gasteiger charge is -2.21. The fourth-order valence-electron chi connectivity index (χ4n) is 1.87. The molecule has 0 atom stereocenters. The van der Waals surface area contributed by atoms with Crippen molar-refractivity contribution >= 4 is 32.2 Å². The second kappa shape index (κ2) is 6.23. The highest BCUT2D eigenvalue weighted by molar-refractivity contribution is 7.93. The summed E-state index contributed by atoms with van der Waals surface area (Å²) in [6.07, 6.45) is 1.56. The van der Waals surface area contributed by atoms with Crippen molar-refractivity contribution in [2.24, 2.45) is 0 Å². The average molecular weight is 311 g/mol. The Morgan fingerprint density at radius 2 is 1.85 bits per heavy atom. The third-order valence-electron chi connectivity index (χ3n) is 2.93. The zero-order chi connectivity index (χ0) is 14.6. The fraction of sp³-hybridized carbons (Fsp3) is 0.308. The molecule has 1 aromatic carbocycles. The van der Waals surface area contributed by atoms with Crippen LogP contribution in [0.1, 0.15) is 13.8 Å². The van der Waals surface area contributed by atoms with Crippen LogP contribution in [0.3, 0.4) is 0 Å². The van der Waals surface area contributed by atoms with Gasteiger partial charge in [-0.15, -0.1) is 11.3 Å². The van der Waals surface area contributed by atoms with E-state index < -0.39 is 10.0 Å². The zero-order valence-electron chi connectivity index (χ0n) is 11.4. The SMILES string of the molecule is CCN(CC)c1ccc(S(=O)(=O)Nc2nccs2)cc1. The summed E-state index contributed by atoms with van der Waals surface area (Å²) in [5, 5.41) is 2.10. The van der Waals surface area contributed by atoms with E-state index >= 15 is 0 Å². The van der Waals surface area contributed by atoms with Crippen LogP contribution < -0.4 is 9.62 Å². The van der Waals surface area contributed by atoms with Gasteiger partial charge in [-0.1, -0.05) is 0 Å². The van der Waals surface area contributed by atoms with E-state index in [2.05, 4.69) is 28.5 Å². The molecule has 0 fully saturated rings. The smallest absolute Gasteiger partial charge is 0.263 e. The highest BCUT2D eigenvalue weighted by atomic mass is 32.2. The summed E-state index contributed by atoms with van der Waals surface area (Å²) in [6, 6.07) is 6.88. The van der Waals surface area contributed by atoms with E-state index in [0.717, 1.165) is 18.8 Å². The van der Waals surface area contributed by atoms with Crippen molar-refractivity contribution in [2.45, 2.75) is 18.7 Å². The first-order valence-electron chi connectivity index (χ1n) is 6.34. The van der Waals surface area contributed by atoms with Crippen LogP contribution in [0.5, 0.6) is 0 Å². The quantitative estimate of drug-likeness (QED) is 0.891. The molecule has 0 aliphatic heterocycles. The minimum atomic E-state index is -3.56. The second-order valence-electron chi connectivity index (χ2n) is 4.11.